The van der Waals surface area contributed by atoms with Gasteiger partial charge < -0.3 is 19.4 Å². The van der Waals surface area contributed by atoms with E-state index >= 15 is 0 Å². The molecule has 2 aromatic carbocycles. The molecule has 0 bridgehead atoms. The number of fused-ring (bicyclic) bond motifs is 1. The van der Waals surface area contributed by atoms with Crippen LogP contribution in [-0.4, -0.2) is 37.6 Å². The molecule has 0 aliphatic heterocycles. The van der Waals surface area contributed by atoms with Gasteiger partial charge in [-0.05, 0) is 43.2 Å². The number of anilines is 1. The minimum absolute atomic E-state index is 0.0400. The summed E-state index contributed by atoms with van der Waals surface area (Å²) in [4.78, 5) is 26.1. The molecule has 0 atom stereocenters. The van der Waals surface area contributed by atoms with E-state index in [0.717, 1.165) is 36.1 Å². The summed E-state index contributed by atoms with van der Waals surface area (Å²) < 4.78 is 10.9. The summed E-state index contributed by atoms with van der Waals surface area (Å²) in [5.41, 5.74) is 1.53. The van der Waals surface area contributed by atoms with Gasteiger partial charge in [-0.3, -0.25) is 4.79 Å². The zero-order chi connectivity index (χ0) is 21.3. The fraction of sp³-hybridized carbons (Fsp3) is 0.333. The van der Waals surface area contributed by atoms with Crippen LogP contribution in [0.15, 0.2) is 63.8 Å². The normalized spacial score (nSPS) is 10.7. The number of ether oxygens (including phenoxy) is 1. The molecule has 3 rings (SSSR count). The fourth-order valence-corrected chi connectivity index (χ4v) is 3.17. The number of rotatable bonds is 10. The lowest BCUT2D eigenvalue weighted by molar-refractivity contribution is 0.0794. The van der Waals surface area contributed by atoms with Gasteiger partial charge in [0.25, 0.3) is 5.91 Å². The second-order valence-electron chi connectivity index (χ2n) is 7.21. The second kappa shape index (κ2) is 10.5. The van der Waals surface area contributed by atoms with Gasteiger partial charge in [0, 0.05) is 37.2 Å². The van der Waals surface area contributed by atoms with Crippen molar-refractivity contribution in [3.63, 3.8) is 0 Å². The monoisotopic (exact) mass is 408 g/mol. The summed E-state index contributed by atoms with van der Waals surface area (Å²) in [5, 5.41) is 4.14. The van der Waals surface area contributed by atoms with E-state index in [1.165, 1.54) is 6.07 Å². The lowest BCUT2D eigenvalue weighted by atomic mass is 10.2. The zero-order valence-electron chi connectivity index (χ0n) is 17.5. The molecular weight excluding hydrogens is 380 g/mol. The number of carbonyl (C=O) groups is 1. The van der Waals surface area contributed by atoms with Crippen molar-refractivity contribution < 1.29 is 13.9 Å². The number of para-hydroxylation sites is 1. The molecule has 0 aliphatic carbocycles. The Bertz CT molecular complexity index is 1040. The first kappa shape index (κ1) is 21.4. The number of unbranched alkanes of at least 4 members (excludes halogenated alkanes) is 1. The van der Waals surface area contributed by atoms with Gasteiger partial charge in [-0.25, -0.2) is 4.79 Å². The molecule has 30 heavy (non-hydrogen) atoms. The molecule has 6 nitrogen and oxygen atoms in total. The van der Waals surface area contributed by atoms with Crippen molar-refractivity contribution in [1.29, 1.82) is 0 Å². The van der Waals surface area contributed by atoms with Gasteiger partial charge in [-0.2, -0.15) is 0 Å². The van der Waals surface area contributed by atoms with Crippen LogP contribution in [0.3, 0.4) is 0 Å². The Morgan fingerprint density at radius 1 is 1.10 bits per heavy atom. The number of hydrogen-bond acceptors (Lipinski definition) is 5. The topological polar surface area (TPSA) is 71.8 Å². The molecule has 0 saturated carbocycles. The van der Waals surface area contributed by atoms with Gasteiger partial charge in [0.1, 0.15) is 11.3 Å². The molecule has 0 saturated heterocycles. The maximum absolute atomic E-state index is 12.7. The maximum atomic E-state index is 12.7. The van der Waals surface area contributed by atoms with Crippen molar-refractivity contribution in [1.82, 2.24) is 4.90 Å². The van der Waals surface area contributed by atoms with Crippen LogP contribution in [-0.2, 0) is 0 Å². The number of carbonyl (C=O) groups excluding carboxylic acids is 1. The van der Waals surface area contributed by atoms with E-state index in [1.54, 1.807) is 30.1 Å². The highest BCUT2D eigenvalue weighted by atomic mass is 16.5. The van der Waals surface area contributed by atoms with Gasteiger partial charge in [0.2, 0.25) is 0 Å². The van der Waals surface area contributed by atoms with Crippen LogP contribution in [0, 0.1) is 0 Å². The van der Waals surface area contributed by atoms with Crippen molar-refractivity contribution in [3.8, 4) is 5.75 Å². The van der Waals surface area contributed by atoms with E-state index in [0.29, 0.717) is 30.8 Å². The molecule has 0 spiro atoms. The van der Waals surface area contributed by atoms with Crippen molar-refractivity contribution in [2.45, 2.75) is 26.2 Å². The average Bonchev–Trinajstić information content (AvgIpc) is 2.76. The summed E-state index contributed by atoms with van der Waals surface area (Å²) in [6, 6.07) is 16.2. The lowest BCUT2D eigenvalue weighted by Gasteiger charge is -2.18. The second-order valence-corrected chi connectivity index (χ2v) is 7.21. The van der Waals surface area contributed by atoms with Crippen molar-refractivity contribution >= 4 is 22.6 Å². The van der Waals surface area contributed by atoms with Crippen LogP contribution < -0.4 is 15.7 Å². The SMILES string of the molecule is CCCCOc1cccc(C(=O)N(C)CCCNc2cc(=O)oc3ccccc23)c1. The Hall–Kier alpha value is -3.28. The highest BCUT2D eigenvalue weighted by Crippen LogP contribution is 2.21. The third kappa shape index (κ3) is 5.63. The molecule has 6 heteroatoms. The van der Waals surface area contributed by atoms with Crippen LogP contribution in [0.2, 0.25) is 0 Å². The highest BCUT2D eigenvalue weighted by molar-refractivity contribution is 5.94. The average molecular weight is 408 g/mol. The van der Waals surface area contributed by atoms with Gasteiger partial charge in [0.05, 0.1) is 12.3 Å². The van der Waals surface area contributed by atoms with Crippen LogP contribution in [0.5, 0.6) is 5.75 Å². The van der Waals surface area contributed by atoms with Gasteiger partial charge in [-0.1, -0.05) is 31.5 Å². The molecule has 1 heterocycles. The molecule has 0 unspecified atom stereocenters. The molecule has 3 aromatic rings. The van der Waals surface area contributed by atoms with Gasteiger partial charge in [0.15, 0.2) is 0 Å². The molecule has 1 amide bonds. The van der Waals surface area contributed by atoms with E-state index in [-0.39, 0.29) is 11.5 Å². The third-order valence-corrected chi connectivity index (χ3v) is 4.83. The zero-order valence-corrected chi connectivity index (χ0v) is 17.5. The minimum atomic E-state index is -0.385. The van der Waals surface area contributed by atoms with E-state index < -0.39 is 0 Å². The van der Waals surface area contributed by atoms with Crippen molar-refractivity contribution in [2.75, 3.05) is 32.1 Å². The van der Waals surface area contributed by atoms with Crippen LogP contribution in [0.25, 0.3) is 11.0 Å². The van der Waals surface area contributed by atoms with Crippen LogP contribution in [0.4, 0.5) is 5.69 Å². The fourth-order valence-electron chi connectivity index (χ4n) is 3.17. The summed E-state index contributed by atoms with van der Waals surface area (Å²) >= 11 is 0. The Morgan fingerprint density at radius 3 is 2.77 bits per heavy atom. The Kier molecular flexibility index (Phi) is 7.49. The number of benzene rings is 2. The summed E-state index contributed by atoms with van der Waals surface area (Å²) in [6.07, 6.45) is 2.80. The molecular formula is C24H28N2O4. The van der Waals surface area contributed by atoms with Crippen molar-refractivity contribution in [2.24, 2.45) is 0 Å². The molecule has 0 radical (unpaired) electrons. The van der Waals surface area contributed by atoms with E-state index in [1.807, 2.05) is 30.3 Å². The Labute approximate surface area is 176 Å². The predicted octanol–water partition coefficient (Wildman–Crippen LogP) is 4.55. The van der Waals surface area contributed by atoms with E-state index in [9.17, 15) is 9.59 Å². The smallest absolute Gasteiger partial charge is 0.338 e. The number of nitrogens with zero attached hydrogens (tertiary/aromatic N) is 1. The summed E-state index contributed by atoms with van der Waals surface area (Å²) in [5.74, 6) is 0.681. The van der Waals surface area contributed by atoms with Crippen LogP contribution in [0.1, 0.15) is 36.5 Å². The first-order chi connectivity index (χ1) is 14.6. The quantitative estimate of drug-likeness (QED) is 0.394. The predicted molar refractivity (Wildman–Crippen MR) is 119 cm³/mol. The molecule has 1 N–H and O–H groups in total. The Balaban J connectivity index is 1.53. The van der Waals surface area contributed by atoms with Crippen molar-refractivity contribution in [3.05, 3.63) is 70.6 Å². The molecule has 158 valence electrons. The van der Waals surface area contributed by atoms with Gasteiger partial charge >= 0.3 is 5.63 Å². The molecule has 0 aliphatic rings. The molecule has 1 aromatic heterocycles. The largest absolute Gasteiger partial charge is 0.494 e. The number of nitrogens with one attached hydrogen (secondary N) is 1. The Morgan fingerprint density at radius 2 is 1.93 bits per heavy atom. The van der Waals surface area contributed by atoms with E-state index in [4.69, 9.17) is 9.15 Å². The standard InChI is InChI=1S/C24H28N2O4/c1-3-4-15-29-19-10-7-9-18(16-19)24(28)26(2)14-8-13-25-21-17-23(27)30-22-12-6-5-11-20(21)22/h5-7,9-12,16-17,25H,3-4,8,13-15H2,1-2H3. The lowest BCUT2D eigenvalue weighted by Crippen LogP contribution is -2.28. The minimum Gasteiger partial charge on any atom is -0.494 e. The number of amides is 1. The number of hydrogen-bond donors (Lipinski definition) is 1. The first-order valence-electron chi connectivity index (χ1n) is 10.3. The van der Waals surface area contributed by atoms with Gasteiger partial charge in [-0.15, -0.1) is 0 Å². The summed E-state index contributed by atoms with van der Waals surface area (Å²) in [6.45, 7) is 3.99. The maximum Gasteiger partial charge on any atom is 0.338 e. The summed E-state index contributed by atoms with van der Waals surface area (Å²) in [7, 11) is 1.79. The third-order valence-electron chi connectivity index (χ3n) is 4.83. The first-order valence-corrected chi connectivity index (χ1v) is 10.3. The van der Waals surface area contributed by atoms with E-state index in [2.05, 4.69) is 12.2 Å². The van der Waals surface area contributed by atoms with Crippen LogP contribution >= 0.6 is 0 Å². The highest BCUT2D eigenvalue weighted by Gasteiger charge is 2.12. The molecule has 0 fully saturated rings.